The van der Waals surface area contributed by atoms with Gasteiger partial charge in [-0.15, -0.1) is 0 Å². The number of carbonyl (C=O) groups excluding carboxylic acids is 1. The van der Waals surface area contributed by atoms with Crippen molar-refractivity contribution in [3.8, 4) is 0 Å². The third-order valence-corrected chi connectivity index (χ3v) is 3.25. The van der Waals surface area contributed by atoms with Gasteiger partial charge in [-0.3, -0.25) is 4.79 Å². The number of aromatic nitrogens is 1. The Morgan fingerprint density at radius 3 is 2.59 bits per heavy atom. The second-order valence-corrected chi connectivity index (χ2v) is 5.22. The van der Waals surface area contributed by atoms with Gasteiger partial charge in [0.15, 0.2) is 5.69 Å². The SMILES string of the molecule is CC(C)C(N)c1nc(C(=O)NCc2c(F)cccc2F)co1. The molecular weight excluding hydrogens is 292 g/mol. The zero-order valence-electron chi connectivity index (χ0n) is 12.3. The molecule has 7 heteroatoms. The van der Waals surface area contributed by atoms with Gasteiger partial charge in [-0.25, -0.2) is 13.8 Å². The highest BCUT2D eigenvalue weighted by Gasteiger charge is 2.19. The summed E-state index contributed by atoms with van der Waals surface area (Å²) in [6, 6.07) is 3.08. The van der Waals surface area contributed by atoms with E-state index in [-0.39, 0.29) is 29.6 Å². The maximum absolute atomic E-state index is 13.5. The number of amides is 1. The smallest absolute Gasteiger partial charge is 0.273 e. The van der Waals surface area contributed by atoms with Crippen molar-refractivity contribution in [2.75, 3.05) is 0 Å². The van der Waals surface area contributed by atoms with Crippen molar-refractivity contribution in [1.29, 1.82) is 0 Å². The van der Waals surface area contributed by atoms with Crippen LogP contribution in [0.3, 0.4) is 0 Å². The largest absolute Gasteiger partial charge is 0.446 e. The van der Waals surface area contributed by atoms with E-state index in [1.54, 1.807) is 0 Å². The third kappa shape index (κ3) is 3.48. The van der Waals surface area contributed by atoms with E-state index in [9.17, 15) is 13.6 Å². The van der Waals surface area contributed by atoms with E-state index < -0.39 is 23.6 Å². The van der Waals surface area contributed by atoms with Crippen molar-refractivity contribution in [2.24, 2.45) is 11.7 Å². The molecule has 1 amide bonds. The molecule has 0 bridgehead atoms. The quantitative estimate of drug-likeness (QED) is 0.889. The van der Waals surface area contributed by atoms with Crippen molar-refractivity contribution >= 4 is 5.91 Å². The summed E-state index contributed by atoms with van der Waals surface area (Å²) in [5, 5.41) is 2.40. The molecule has 0 radical (unpaired) electrons. The number of nitrogens with two attached hydrogens (primary N) is 1. The van der Waals surface area contributed by atoms with Crippen LogP contribution in [0.4, 0.5) is 8.78 Å². The lowest BCUT2D eigenvalue weighted by Crippen LogP contribution is -2.24. The lowest BCUT2D eigenvalue weighted by atomic mass is 10.1. The second-order valence-electron chi connectivity index (χ2n) is 5.22. The molecule has 2 aromatic rings. The average molecular weight is 309 g/mol. The van der Waals surface area contributed by atoms with Crippen molar-refractivity contribution in [3.63, 3.8) is 0 Å². The number of nitrogens with zero attached hydrogens (tertiary/aromatic N) is 1. The van der Waals surface area contributed by atoms with E-state index in [2.05, 4.69) is 10.3 Å². The van der Waals surface area contributed by atoms with E-state index in [1.807, 2.05) is 13.8 Å². The average Bonchev–Trinajstić information content (AvgIpc) is 2.95. The number of hydrogen-bond donors (Lipinski definition) is 2. The standard InChI is InChI=1S/C15H17F2N3O2/c1-8(2)13(18)15-20-12(7-22-15)14(21)19-6-9-10(16)4-3-5-11(9)17/h3-5,7-8,13H,6,18H2,1-2H3,(H,19,21). The minimum absolute atomic E-state index is 0.0165. The number of hydrogen-bond acceptors (Lipinski definition) is 4. The van der Waals surface area contributed by atoms with Crippen LogP contribution in [0.1, 0.15) is 41.8 Å². The van der Waals surface area contributed by atoms with Crippen LogP contribution in [0.25, 0.3) is 0 Å². The molecule has 0 saturated heterocycles. The Morgan fingerprint density at radius 1 is 1.36 bits per heavy atom. The van der Waals surface area contributed by atoms with Crippen molar-refractivity contribution < 1.29 is 18.0 Å². The molecule has 118 valence electrons. The van der Waals surface area contributed by atoms with Gasteiger partial charge in [-0.05, 0) is 18.1 Å². The van der Waals surface area contributed by atoms with Crippen molar-refractivity contribution in [1.82, 2.24) is 10.3 Å². The van der Waals surface area contributed by atoms with E-state index in [4.69, 9.17) is 10.2 Å². The van der Waals surface area contributed by atoms with E-state index in [0.29, 0.717) is 0 Å². The number of benzene rings is 1. The summed E-state index contributed by atoms with van der Waals surface area (Å²) in [4.78, 5) is 15.9. The number of nitrogens with one attached hydrogen (secondary N) is 1. The molecule has 1 unspecified atom stereocenters. The van der Waals surface area contributed by atoms with Gasteiger partial charge < -0.3 is 15.5 Å². The van der Waals surface area contributed by atoms with Crippen LogP contribution in [-0.4, -0.2) is 10.9 Å². The molecule has 0 aliphatic carbocycles. The zero-order valence-corrected chi connectivity index (χ0v) is 12.3. The third-order valence-electron chi connectivity index (χ3n) is 3.25. The van der Waals surface area contributed by atoms with Gasteiger partial charge in [0.25, 0.3) is 5.91 Å². The maximum atomic E-state index is 13.5. The summed E-state index contributed by atoms with van der Waals surface area (Å²) in [6.45, 7) is 3.51. The maximum Gasteiger partial charge on any atom is 0.273 e. The molecule has 0 aliphatic rings. The molecular formula is C15H17F2N3O2. The molecule has 0 aliphatic heterocycles. The Bertz CT molecular complexity index is 650. The molecule has 3 N–H and O–H groups in total. The van der Waals surface area contributed by atoms with Gasteiger partial charge in [0, 0.05) is 12.1 Å². The Labute approximate surface area is 126 Å². The lowest BCUT2D eigenvalue weighted by molar-refractivity contribution is 0.0945. The van der Waals surface area contributed by atoms with E-state index >= 15 is 0 Å². The van der Waals surface area contributed by atoms with Gasteiger partial charge >= 0.3 is 0 Å². The van der Waals surface area contributed by atoms with Gasteiger partial charge in [0.05, 0.1) is 6.04 Å². The minimum Gasteiger partial charge on any atom is -0.446 e. The monoisotopic (exact) mass is 309 g/mol. The van der Waals surface area contributed by atoms with Crippen LogP contribution in [0.15, 0.2) is 28.9 Å². The fourth-order valence-corrected chi connectivity index (χ4v) is 1.79. The zero-order chi connectivity index (χ0) is 16.3. The number of rotatable bonds is 5. The topological polar surface area (TPSA) is 81.1 Å². The Balaban J connectivity index is 2.04. The van der Waals surface area contributed by atoms with Crippen LogP contribution >= 0.6 is 0 Å². The Morgan fingerprint density at radius 2 is 2.00 bits per heavy atom. The summed E-state index contributed by atoms with van der Waals surface area (Å²) in [7, 11) is 0. The van der Waals surface area contributed by atoms with Gasteiger partial charge in [0.1, 0.15) is 17.9 Å². The normalized spacial score (nSPS) is 12.5. The molecule has 1 atom stereocenters. The summed E-state index contributed by atoms with van der Waals surface area (Å²) in [5.74, 6) is -1.68. The summed E-state index contributed by atoms with van der Waals surface area (Å²) >= 11 is 0. The number of halogens is 2. The van der Waals surface area contributed by atoms with Crippen LogP contribution in [0.5, 0.6) is 0 Å². The van der Waals surface area contributed by atoms with Crippen LogP contribution in [0.2, 0.25) is 0 Å². The number of carbonyl (C=O) groups is 1. The first kappa shape index (κ1) is 16.1. The molecule has 2 rings (SSSR count). The van der Waals surface area contributed by atoms with Crippen LogP contribution < -0.4 is 11.1 Å². The van der Waals surface area contributed by atoms with E-state index in [1.165, 1.54) is 12.3 Å². The highest BCUT2D eigenvalue weighted by atomic mass is 19.1. The number of oxazole rings is 1. The molecule has 1 aromatic heterocycles. The first-order chi connectivity index (χ1) is 10.4. The molecule has 5 nitrogen and oxygen atoms in total. The van der Waals surface area contributed by atoms with Crippen LogP contribution in [-0.2, 0) is 6.54 Å². The molecule has 0 spiro atoms. The molecule has 0 fully saturated rings. The molecule has 1 aromatic carbocycles. The minimum atomic E-state index is -0.719. The van der Waals surface area contributed by atoms with Gasteiger partial charge in [0.2, 0.25) is 5.89 Å². The first-order valence-electron chi connectivity index (χ1n) is 6.82. The molecule has 22 heavy (non-hydrogen) atoms. The predicted molar refractivity (Wildman–Crippen MR) is 75.8 cm³/mol. The molecule has 0 saturated carbocycles. The first-order valence-corrected chi connectivity index (χ1v) is 6.82. The van der Waals surface area contributed by atoms with Crippen molar-refractivity contribution in [3.05, 3.63) is 53.2 Å². The Hall–Kier alpha value is -2.28. The molecule has 1 heterocycles. The Kier molecular flexibility index (Phi) is 4.87. The lowest BCUT2D eigenvalue weighted by Gasteiger charge is -2.10. The summed E-state index contributed by atoms with van der Waals surface area (Å²) in [6.07, 6.45) is 1.17. The fourth-order valence-electron chi connectivity index (χ4n) is 1.79. The summed E-state index contributed by atoms with van der Waals surface area (Å²) < 4.78 is 32.1. The van der Waals surface area contributed by atoms with Crippen molar-refractivity contribution in [2.45, 2.75) is 26.4 Å². The second kappa shape index (κ2) is 6.65. The summed E-state index contributed by atoms with van der Waals surface area (Å²) in [5.41, 5.74) is 5.68. The highest BCUT2D eigenvalue weighted by molar-refractivity contribution is 5.91. The fraction of sp³-hybridized carbons (Fsp3) is 0.333. The van der Waals surface area contributed by atoms with Gasteiger partial charge in [-0.2, -0.15) is 0 Å². The highest BCUT2D eigenvalue weighted by Crippen LogP contribution is 2.18. The van der Waals surface area contributed by atoms with E-state index in [0.717, 1.165) is 12.1 Å². The predicted octanol–water partition coefficient (Wildman–Crippen LogP) is 2.54. The van der Waals surface area contributed by atoms with Crippen LogP contribution in [0, 0.1) is 17.6 Å². The van der Waals surface area contributed by atoms with Gasteiger partial charge in [-0.1, -0.05) is 19.9 Å².